The molecule has 156 valence electrons. The Morgan fingerprint density at radius 2 is 1.71 bits per heavy atom. The summed E-state index contributed by atoms with van der Waals surface area (Å²) in [5, 5.41) is 0. The Labute approximate surface area is 169 Å². The molecule has 4 N–H and O–H groups in total. The van der Waals surface area contributed by atoms with E-state index in [1.807, 2.05) is 0 Å². The van der Waals surface area contributed by atoms with Gasteiger partial charge in [0.1, 0.15) is 0 Å². The van der Waals surface area contributed by atoms with Gasteiger partial charge in [0.05, 0.1) is 11.8 Å². The first-order chi connectivity index (χ1) is 13.5. The topological polar surface area (TPSA) is 86.2 Å². The van der Waals surface area contributed by atoms with Crippen molar-refractivity contribution in [3.63, 3.8) is 0 Å². The van der Waals surface area contributed by atoms with Crippen LogP contribution >= 0.6 is 0 Å². The van der Waals surface area contributed by atoms with Crippen LogP contribution in [-0.4, -0.2) is 11.8 Å². The molecule has 7 atom stereocenters. The third-order valence-corrected chi connectivity index (χ3v) is 8.98. The van der Waals surface area contributed by atoms with Crippen LogP contribution in [0.4, 0.5) is 0 Å². The summed E-state index contributed by atoms with van der Waals surface area (Å²) in [6, 6.07) is 0. The molecule has 0 aromatic heterocycles. The number of hydrogen-bond acceptors (Lipinski definition) is 2. The molecule has 4 heteroatoms. The number of nitrogens with two attached hydrogens (primary N) is 2. The standard InChI is InChI=1S/C24H38N2O2/c1-3-7-16-17-13-19-15-10-6-5-9-14(15)11-12-24(19,18(16)8-4-2)21(23(26)28)20(17)22(25)27/h14-15,17,19-21H,3-13H2,1-2H3,(H2,25,27)(H2,26,28). The zero-order valence-electron chi connectivity index (χ0n) is 17.7. The maximum absolute atomic E-state index is 12.9. The number of hydrogen-bond donors (Lipinski definition) is 2. The molecule has 3 fully saturated rings. The number of fused-ring (bicyclic) bond motifs is 2. The molecule has 0 aliphatic heterocycles. The summed E-state index contributed by atoms with van der Waals surface area (Å²) in [5.41, 5.74) is 14.8. The van der Waals surface area contributed by atoms with Crippen LogP contribution < -0.4 is 11.5 Å². The van der Waals surface area contributed by atoms with Crippen LogP contribution in [0.2, 0.25) is 0 Å². The zero-order chi connectivity index (χ0) is 20.1. The third kappa shape index (κ3) is 2.69. The lowest BCUT2D eigenvalue weighted by Gasteiger charge is -2.66. The minimum absolute atomic E-state index is 0.143. The van der Waals surface area contributed by atoms with Crippen LogP contribution in [0.15, 0.2) is 11.1 Å². The molecular weight excluding hydrogens is 348 g/mol. The van der Waals surface area contributed by atoms with Crippen molar-refractivity contribution >= 4 is 11.8 Å². The van der Waals surface area contributed by atoms with Gasteiger partial charge in [-0.1, -0.05) is 57.1 Å². The highest BCUT2D eigenvalue weighted by atomic mass is 16.2. The molecule has 5 rings (SSSR count). The summed E-state index contributed by atoms with van der Waals surface area (Å²) in [4.78, 5) is 25.5. The molecule has 0 aromatic carbocycles. The van der Waals surface area contributed by atoms with Gasteiger partial charge in [0.25, 0.3) is 0 Å². The Balaban J connectivity index is 1.91. The number of amides is 2. The van der Waals surface area contributed by atoms with E-state index in [1.165, 1.54) is 43.3 Å². The van der Waals surface area contributed by atoms with Gasteiger partial charge in [-0.15, -0.1) is 0 Å². The fourth-order valence-corrected chi connectivity index (χ4v) is 8.35. The molecule has 2 amide bonds. The number of carbonyl (C=O) groups is 2. The van der Waals surface area contributed by atoms with Gasteiger partial charge in [-0.05, 0) is 62.2 Å². The summed E-state index contributed by atoms with van der Waals surface area (Å²) in [6.45, 7) is 4.46. The monoisotopic (exact) mass is 386 g/mol. The predicted octanol–water partition coefficient (Wildman–Crippen LogP) is 4.32. The highest BCUT2D eigenvalue weighted by molar-refractivity contribution is 5.89. The van der Waals surface area contributed by atoms with Crippen LogP contribution in [0.1, 0.15) is 84.5 Å². The molecular formula is C24H38N2O2. The van der Waals surface area contributed by atoms with Crippen molar-refractivity contribution in [3.8, 4) is 0 Å². The Hall–Kier alpha value is -1.32. The van der Waals surface area contributed by atoms with Crippen molar-refractivity contribution in [1.29, 1.82) is 0 Å². The largest absolute Gasteiger partial charge is 0.369 e. The minimum Gasteiger partial charge on any atom is -0.369 e. The van der Waals surface area contributed by atoms with Crippen molar-refractivity contribution in [2.24, 2.45) is 52.4 Å². The second-order valence-electron chi connectivity index (χ2n) is 10.0. The van der Waals surface area contributed by atoms with E-state index < -0.39 is 11.8 Å². The number of carbonyl (C=O) groups excluding carboxylic acids is 2. The van der Waals surface area contributed by atoms with E-state index in [4.69, 9.17) is 11.5 Å². The summed E-state index contributed by atoms with van der Waals surface area (Å²) >= 11 is 0. The van der Waals surface area contributed by atoms with Crippen LogP contribution in [0.3, 0.4) is 0 Å². The molecule has 0 saturated heterocycles. The van der Waals surface area contributed by atoms with E-state index >= 15 is 0 Å². The number of primary amides is 2. The lowest BCUT2D eigenvalue weighted by Crippen LogP contribution is -2.65. The van der Waals surface area contributed by atoms with E-state index in [1.54, 1.807) is 0 Å². The van der Waals surface area contributed by atoms with Crippen molar-refractivity contribution in [3.05, 3.63) is 11.1 Å². The van der Waals surface area contributed by atoms with Gasteiger partial charge >= 0.3 is 0 Å². The van der Waals surface area contributed by atoms with Crippen LogP contribution in [0, 0.1) is 40.9 Å². The Morgan fingerprint density at radius 1 is 1.00 bits per heavy atom. The summed E-state index contributed by atoms with van der Waals surface area (Å²) in [5.74, 6) is 0.807. The van der Waals surface area contributed by atoms with Crippen molar-refractivity contribution in [1.82, 2.24) is 0 Å². The molecule has 5 aliphatic rings. The van der Waals surface area contributed by atoms with Gasteiger partial charge in [0.2, 0.25) is 11.8 Å². The van der Waals surface area contributed by atoms with Gasteiger partial charge in [-0.3, -0.25) is 9.59 Å². The molecule has 0 radical (unpaired) electrons. The fraction of sp³-hybridized carbons (Fsp3) is 0.833. The van der Waals surface area contributed by atoms with Crippen LogP contribution in [0.25, 0.3) is 0 Å². The van der Waals surface area contributed by atoms with Crippen LogP contribution in [-0.2, 0) is 9.59 Å². The summed E-state index contributed by atoms with van der Waals surface area (Å²) in [7, 11) is 0. The first-order valence-corrected chi connectivity index (χ1v) is 11.8. The molecule has 7 unspecified atom stereocenters. The zero-order valence-corrected chi connectivity index (χ0v) is 17.7. The first-order valence-electron chi connectivity index (χ1n) is 11.8. The molecule has 5 aliphatic carbocycles. The predicted molar refractivity (Wildman–Crippen MR) is 111 cm³/mol. The van der Waals surface area contributed by atoms with Gasteiger partial charge in [-0.25, -0.2) is 0 Å². The Kier molecular flexibility index (Phi) is 5.35. The average Bonchev–Trinajstić information content (AvgIpc) is 2.68. The molecule has 2 bridgehead atoms. The van der Waals surface area contributed by atoms with Gasteiger partial charge in [-0.2, -0.15) is 0 Å². The summed E-state index contributed by atoms with van der Waals surface area (Å²) < 4.78 is 0. The van der Waals surface area contributed by atoms with Crippen molar-refractivity contribution in [2.45, 2.75) is 84.5 Å². The van der Waals surface area contributed by atoms with E-state index in [0.29, 0.717) is 11.8 Å². The average molecular weight is 387 g/mol. The van der Waals surface area contributed by atoms with Crippen LogP contribution in [0.5, 0.6) is 0 Å². The Morgan fingerprint density at radius 3 is 2.36 bits per heavy atom. The van der Waals surface area contributed by atoms with E-state index in [-0.39, 0.29) is 23.1 Å². The van der Waals surface area contributed by atoms with Gasteiger partial charge in [0, 0.05) is 5.41 Å². The highest BCUT2D eigenvalue weighted by Gasteiger charge is 2.67. The molecule has 1 spiro atoms. The van der Waals surface area contributed by atoms with Gasteiger partial charge < -0.3 is 11.5 Å². The normalized spacial score (nSPS) is 42.1. The fourth-order valence-electron chi connectivity index (χ4n) is 8.35. The maximum atomic E-state index is 12.9. The maximum Gasteiger partial charge on any atom is 0.222 e. The van der Waals surface area contributed by atoms with E-state index in [2.05, 4.69) is 13.8 Å². The second kappa shape index (κ2) is 7.50. The molecule has 0 heterocycles. The smallest absolute Gasteiger partial charge is 0.222 e. The quantitative estimate of drug-likeness (QED) is 0.666. The second-order valence-corrected chi connectivity index (χ2v) is 10.0. The first kappa shape index (κ1) is 20.0. The SMILES string of the molecule is CCCC1=C(CCC)C23CCC4CCCCC4C2CC1C(C(N)=O)C3C(N)=O. The third-order valence-electron chi connectivity index (χ3n) is 8.98. The lowest BCUT2D eigenvalue weighted by atomic mass is 9.37. The van der Waals surface area contributed by atoms with Crippen molar-refractivity contribution in [2.75, 3.05) is 0 Å². The molecule has 28 heavy (non-hydrogen) atoms. The van der Waals surface area contributed by atoms with Crippen molar-refractivity contribution < 1.29 is 9.59 Å². The lowest BCUT2D eigenvalue weighted by molar-refractivity contribution is -0.160. The molecule has 4 nitrogen and oxygen atoms in total. The van der Waals surface area contributed by atoms with Gasteiger partial charge in [0.15, 0.2) is 0 Å². The Bertz CT molecular complexity index is 684. The van der Waals surface area contributed by atoms with E-state index in [0.717, 1.165) is 44.4 Å². The number of allylic oxidation sites excluding steroid dienone is 2. The summed E-state index contributed by atoms with van der Waals surface area (Å²) in [6.07, 6.45) is 12.8. The number of rotatable bonds is 6. The minimum atomic E-state index is -0.393. The molecule has 0 aromatic rings. The highest BCUT2D eigenvalue weighted by Crippen LogP contribution is 2.70. The van der Waals surface area contributed by atoms with E-state index in [9.17, 15) is 9.59 Å². The molecule has 3 saturated carbocycles.